The first-order valence-electron chi connectivity index (χ1n) is 10.8. The fourth-order valence-electron chi connectivity index (χ4n) is 4.08. The number of nitrogens with zero attached hydrogens (tertiary/aromatic N) is 2. The van der Waals surface area contributed by atoms with E-state index in [1.54, 1.807) is 24.9 Å². The van der Waals surface area contributed by atoms with Gasteiger partial charge in [-0.1, -0.05) is 41.5 Å². The van der Waals surface area contributed by atoms with Gasteiger partial charge in [0.2, 0.25) is 0 Å². The van der Waals surface area contributed by atoms with Crippen molar-refractivity contribution in [2.24, 2.45) is 7.05 Å². The van der Waals surface area contributed by atoms with Crippen molar-refractivity contribution in [2.75, 3.05) is 12.4 Å². The molecule has 7 heteroatoms. The van der Waals surface area contributed by atoms with Crippen LogP contribution >= 0.6 is 0 Å². The zero-order valence-electron chi connectivity index (χ0n) is 19.3. The van der Waals surface area contributed by atoms with E-state index in [2.05, 4.69) is 42.7 Å². The summed E-state index contributed by atoms with van der Waals surface area (Å²) in [6, 6.07) is 19.0. The van der Waals surface area contributed by atoms with Crippen LogP contribution in [-0.2, 0) is 20.1 Å². The summed E-state index contributed by atoms with van der Waals surface area (Å²) in [5.41, 5.74) is 5.77. The van der Waals surface area contributed by atoms with Crippen LogP contribution in [0.2, 0.25) is 0 Å². The molecular weight excluding hydrogens is 416 g/mol. The van der Waals surface area contributed by atoms with Gasteiger partial charge in [0.25, 0.3) is 5.56 Å². The minimum absolute atomic E-state index is 0.100. The molecule has 170 valence electrons. The smallest absolute Gasteiger partial charge is 0.319 e. The molecular formula is C26H28N4O3. The molecule has 2 N–H and O–H groups in total. The number of ether oxygens (including phenoxy) is 1. The van der Waals surface area contributed by atoms with Crippen LogP contribution in [0.3, 0.4) is 0 Å². The zero-order valence-corrected chi connectivity index (χ0v) is 19.3. The zero-order chi connectivity index (χ0) is 23.5. The van der Waals surface area contributed by atoms with Crippen LogP contribution in [0.15, 0.2) is 65.5 Å². The van der Waals surface area contributed by atoms with Crippen LogP contribution < -0.4 is 20.9 Å². The van der Waals surface area contributed by atoms with E-state index in [0.29, 0.717) is 24.2 Å². The number of rotatable bonds is 6. The first-order chi connectivity index (χ1) is 15.8. The van der Waals surface area contributed by atoms with Crippen LogP contribution in [0, 0.1) is 13.8 Å². The summed E-state index contributed by atoms with van der Waals surface area (Å²) in [4.78, 5) is 25.2. The highest BCUT2D eigenvalue weighted by atomic mass is 16.5. The molecule has 33 heavy (non-hydrogen) atoms. The number of aryl methyl sites for hydroxylation is 2. The molecule has 0 aliphatic rings. The summed E-state index contributed by atoms with van der Waals surface area (Å²) < 4.78 is 8.72. The van der Waals surface area contributed by atoms with E-state index in [1.807, 2.05) is 41.1 Å². The largest absolute Gasteiger partial charge is 0.497 e. The summed E-state index contributed by atoms with van der Waals surface area (Å²) in [5.74, 6) is 0.766. The Morgan fingerprint density at radius 1 is 0.939 bits per heavy atom. The number of methoxy groups -OCH3 is 1. The molecule has 7 nitrogen and oxygen atoms in total. The van der Waals surface area contributed by atoms with Gasteiger partial charge in [-0.15, -0.1) is 0 Å². The van der Waals surface area contributed by atoms with E-state index in [1.165, 1.54) is 11.1 Å². The number of carbonyl (C=O) groups is 1. The molecule has 0 saturated carbocycles. The molecule has 0 aliphatic carbocycles. The predicted octanol–water partition coefficient (Wildman–Crippen LogP) is 4.34. The first kappa shape index (κ1) is 22.2. The summed E-state index contributed by atoms with van der Waals surface area (Å²) in [7, 11) is 3.38. The Labute approximate surface area is 192 Å². The van der Waals surface area contributed by atoms with Gasteiger partial charge < -0.3 is 15.4 Å². The average molecular weight is 445 g/mol. The molecule has 0 radical (unpaired) electrons. The highest BCUT2D eigenvalue weighted by molar-refractivity contribution is 5.92. The molecule has 2 amide bonds. The van der Waals surface area contributed by atoms with Gasteiger partial charge in [-0.3, -0.25) is 14.2 Å². The third kappa shape index (κ3) is 4.92. The minimum Gasteiger partial charge on any atom is -0.497 e. The fourth-order valence-corrected chi connectivity index (χ4v) is 4.08. The molecule has 4 rings (SSSR count). The third-order valence-electron chi connectivity index (χ3n) is 5.64. The van der Waals surface area contributed by atoms with Crippen molar-refractivity contribution in [3.63, 3.8) is 0 Å². The Morgan fingerprint density at radius 3 is 2.30 bits per heavy atom. The lowest BCUT2D eigenvalue weighted by atomic mass is 10.1. The van der Waals surface area contributed by atoms with E-state index >= 15 is 0 Å². The summed E-state index contributed by atoms with van der Waals surface area (Å²) in [6.45, 7) is 5.11. The van der Waals surface area contributed by atoms with Crippen molar-refractivity contribution in [2.45, 2.75) is 26.9 Å². The van der Waals surface area contributed by atoms with E-state index in [9.17, 15) is 9.59 Å². The SMILES string of the molecule is COc1ccc(CNC(=O)Nc2ccc3c(c2)c(=O)n(C)n3Cc2cc(C)cc(C)c2)cc1. The van der Waals surface area contributed by atoms with Crippen LogP contribution in [0.25, 0.3) is 10.9 Å². The van der Waals surface area contributed by atoms with E-state index in [4.69, 9.17) is 4.74 Å². The highest BCUT2D eigenvalue weighted by Crippen LogP contribution is 2.19. The maximum absolute atomic E-state index is 12.9. The summed E-state index contributed by atoms with van der Waals surface area (Å²) in [6.07, 6.45) is 0. The molecule has 4 aromatic rings. The molecule has 1 heterocycles. The van der Waals surface area contributed by atoms with Crippen molar-refractivity contribution in [3.05, 3.63) is 93.3 Å². The molecule has 0 aliphatic heterocycles. The second-order valence-electron chi connectivity index (χ2n) is 8.27. The van der Waals surface area contributed by atoms with Crippen LogP contribution in [0.5, 0.6) is 5.75 Å². The number of anilines is 1. The Hall–Kier alpha value is -4.00. The maximum Gasteiger partial charge on any atom is 0.319 e. The average Bonchev–Trinajstić information content (AvgIpc) is 3.02. The number of hydrogen-bond acceptors (Lipinski definition) is 3. The summed E-state index contributed by atoms with van der Waals surface area (Å²) >= 11 is 0. The molecule has 0 fully saturated rings. The quantitative estimate of drug-likeness (QED) is 0.465. The van der Waals surface area contributed by atoms with Crippen LogP contribution in [-0.4, -0.2) is 22.5 Å². The first-order valence-corrected chi connectivity index (χ1v) is 10.8. The van der Waals surface area contributed by atoms with E-state index in [-0.39, 0.29) is 11.6 Å². The molecule has 0 atom stereocenters. The van der Waals surface area contributed by atoms with Gasteiger partial charge in [0.05, 0.1) is 24.6 Å². The molecule has 1 aromatic heterocycles. The van der Waals surface area contributed by atoms with Gasteiger partial charge in [-0.05, 0) is 55.3 Å². The number of hydrogen-bond donors (Lipinski definition) is 2. The second kappa shape index (κ2) is 9.24. The van der Waals surface area contributed by atoms with Gasteiger partial charge in [0, 0.05) is 19.3 Å². The lowest BCUT2D eigenvalue weighted by Crippen LogP contribution is -2.28. The Balaban J connectivity index is 1.50. The molecule has 3 aromatic carbocycles. The van der Waals surface area contributed by atoms with Gasteiger partial charge in [0.15, 0.2) is 0 Å². The Bertz CT molecular complexity index is 1350. The van der Waals surface area contributed by atoms with Gasteiger partial charge >= 0.3 is 6.03 Å². The van der Waals surface area contributed by atoms with Crippen LogP contribution in [0.4, 0.5) is 10.5 Å². The van der Waals surface area contributed by atoms with Crippen molar-refractivity contribution in [3.8, 4) is 5.75 Å². The lowest BCUT2D eigenvalue weighted by molar-refractivity contribution is 0.251. The summed E-state index contributed by atoms with van der Waals surface area (Å²) in [5, 5.41) is 6.21. The minimum atomic E-state index is -0.336. The second-order valence-corrected chi connectivity index (χ2v) is 8.27. The normalized spacial score (nSPS) is 10.9. The molecule has 0 bridgehead atoms. The van der Waals surface area contributed by atoms with Crippen molar-refractivity contribution < 1.29 is 9.53 Å². The number of fused-ring (bicyclic) bond motifs is 1. The van der Waals surface area contributed by atoms with Gasteiger partial charge in [-0.25, -0.2) is 4.79 Å². The Kier molecular flexibility index (Phi) is 6.22. The topological polar surface area (TPSA) is 77.3 Å². The number of nitrogens with one attached hydrogen (secondary N) is 2. The monoisotopic (exact) mass is 444 g/mol. The lowest BCUT2D eigenvalue weighted by Gasteiger charge is -2.11. The van der Waals surface area contributed by atoms with Gasteiger partial charge in [-0.2, -0.15) is 0 Å². The standard InChI is InChI=1S/C26H28N4O3/c1-17-11-18(2)13-20(12-17)16-30-24-10-7-21(14-23(24)25(31)29(30)3)28-26(32)27-15-19-5-8-22(33-4)9-6-19/h5-14H,15-16H2,1-4H3,(H2,27,28,32). The number of benzene rings is 3. The number of aromatic nitrogens is 2. The van der Waals surface area contributed by atoms with E-state index in [0.717, 1.165) is 22.4 Å². The van der Waals surface area contributed by atoms with Gasteiger partial charge in [0.1, 0.15) is 5.75 Å². The van der Waals surface area contributed by atoms with Crippen molar-refractivity contribution in [1.82, 2.24) is 14.7 Å². The fraction of sp³-hybridized carbons (Fsp3) is 0.231. The van der Waals surface area contributed by atoms with Crippen LogP contribution in [0.1, 0.15) is 22.3 Å². The number of amides is 2. The number of urea groups is 1. The number of carbonyl (C=O) groups excluding carboxylic acids is 1. The maximum atomic E-state index is 12.9. The predicted molar refractivity (Wildman–Crippen MR) is 131 cm³/mol. The molecule has 0 unspecified atom stereocenters. The van der Waals surface area contributed by atoms with Crippen molar-refractivity contribution >= 4 is 22.6 Å². The molecule has 0 saturated heterocycles. The highest BCUT2D eigenvalue weighted by Gasteiger charge is 2.13. The molecule has 0 spiro atoms. The van der Waals surface area contributed by atoms with Crippen molar-refractivity contribution in [1.29, 1.82) is 0 Å². The third-order valence-corrected chi connectivity index (χ3v) is 5.64. The van der Waals surface area contributed by atoms with E-state index < -0.39 is 0 Å². The Morgan fingerprint density at radius 2 is 1.64 bits per heavy atom.